The third-order valence-electron chi connectivity index (χ3n) is 5.17. The van der Waals surface area contributed by atoms with Crippen molar-refractivity contribution in [3.63, 3.8) is 0 Å². The van der Waals surface area contributed by atoms with Crippen LogP contribution in [0.4, 0.5) is 0 Å². The van der Waals surface area contributed by atoms with Gasteiger partial charge in [0.05, 0.1) is 0 Å². The second-order valence-electron chi connectivity index (χ2n) is 6.83. The van der Waals surface area contributed by atoms with E-state index in [-0.39, 0.29) is 29.9 Å². The van der Waals surface area contributed by atoms with Gasteiger partial charge in [-0.1, -0.05) is 13.3 Å². The van der Waals surface area contributed by atoms with E-state index in [0.717, 1.165) is 45.0 Å². The fourth-order valence-corrected chi connectivity index (χ4v) is 3.96. The second kappa shape index (κ2) is 11.1. The van der Waals surface area contributed by atoms with E-state index in [4.69, 9.17) is 5.73 Å². The topological polar surface area (TPSA) is 74.0 Å². The zero-order valence-electron chi connectivity index (χ0n) is 15.2. The first-order chi connectivity index (χ1) is 11.1. The second-order valence-corrected chi connectivity index (χ2v) is 6.83. The minimum Gasteiger partial charge on any atom is -0.370 e. The van der Waals surface area contributed by atoms with E-state index in [1.807, 2.05) is 7.05 Å². The van der Waals surface area contributed by atoms with Gasteiger partial charge in [0.2, 0.25) is 5.91 Å². The molecule has 7 heteroatoms. The molecule has 0 aromatic rings. The van der Waals surface area contributed by atoms with E-state index in [1.165, 1.54) is 25.8 Å². The Morgan fingerprint density at radius 2 is 2.04 bits per heavy atom. The van der Waals surface area contributed by atoms with Crippen LogP contribution in [0.5, 0.6) is 0 Å². The first-order valence-corrected chi connectivity index (χ1v) is 9.12. The van der Waals surface area contributed by atoms with Crippen LogP contribution in [0.2, 0.25) is 0 Å². The van der Waals surface area contributed by atoms with Crippen molar-refractivity contribution in [1.29, 1.82) is 0 Å². The zero-order valence-corrected chi connectivity index (χ0v) is 17.5. The maximum Gasteiger partial charge on any atom is 0.217 e. The minimum absolute atomic E-state index is 0. The molecule has 140 valence electrons. The van der Waals surface area contributed by atoms with Gasteiger partial charge in [0.1, 0.15) is 0 Å². The molecule has 0 radical (unpaired) electrons. The number of hydrogen-bond donors (Lipinski definition) is 2. The predicted octanol–water partition coefficient (Wildman–Crippen LogP) is 1.64. The van der Waals surface area contributed by atoms with Gasteiger partial charge in [0.15, 0.2) is 5.96 Å². The van der Waals surface area contributed by atoms with Crippen LogP contribution in [0.3, 0.4) is 0 Å². The Kier molecular flexibility index (Phi) is 9.95. The molecule has 3 N–H and O–H groups in total. The number of likely N-dealkylation sites (N-methyl/N-ethyl adjacent to an activating group) is 1. The molecule has 2 atom stereocenters. The third kappa shape index (κ3) is 6.38. The van der Waals surface area contributed by atoms with Gasteiger partial charge in [-0.3, -0.25) is 14.7 Å². The fraction of sp³-hybridized carbons (Fsp3) is 0.882. The molecule has 0 aromatic carbocycles. The summed E-state index contributed by atoms with van der Waals surface area (Å²) >= 11 is 0. The molecule has 2 aliphatic heterocycles. The maximum atomic E-state index is 11.2. The number of hydrogen-bond acceptors (Lipinski definition) is 3. The number of primary amides is 1. The molecule has 0 bridgehead atoms. The van der Waals surface area contributed by atoms with E-state index in [1.54, 1.807) is 0 Å². The van der Waals surface area contributed by atoms with Crippen LogP contribution >= 0.6 is 24.0 Å². The van der Waals surface area contributed by atoms with Crippen LogP contribution < -0.4 is 11.1 Å². The standard InChI is InChI=1S/C17H33N5O.HI/c1-3-21-9-5-4-8-15(21)12-20-17(19-2)22-10-6-7-14(13-22)11-16(18)23;/h14-15H,3-13H2,1-2H3,(H2,18,23)(H,19,20);1H. The summed E-state index contributed by atoms with van der Waals surface area (Å²) in [6.45, 7) is 7.42. The summed E-state index contributed by atoms with van der Waals surface area (Å²) in [6, 6.07) is 0.608. The summed E-state index contributed by atoms with van der Waals surface area (Å²) in [5.74, 6) is 1.14. The molecule has 2 aliphatic rings. The van der Waals surface area contributed by atoms with Gasteiger partial charge in [0.25, 0.3) is 0 Å². The van der Waals surface area contributed by atoms with Gasteiger partial charge in [0, 0.05) is 39.1 Å². The third-order valence-corrected chi connectivity index (χ3v) is 5.17. The van der Waals surface area contributed by atoms with Gasteiger partial charge in [-0.25, -0.2) is 0 Å². The fourth-order valence-electron chi connectivity index (χ4n) is 3.96. The highest BCUT2D eigenvalue weighted by Crippen LogP contribution is 2.20. The van der Waals surface area contributed by atoms with Crippen molar-refractivity contribution >= 4 is 35.8 Å². The number of carbonyl (C=O) groups is 1. The van der Waals surface area contributed by atoms with Crippen molar-refractivity contribution in [3.8, 4) is 0 Å². The number of halogens is 1. The lowest BCUT2D eigenvalue weighted by Crippen LogP contribution is -2.52. The number of nitrogens with one attached hydrogen (secondary N) is 1. The first-order valence-electron chi connectivity index (χ1n) is 9.12. The van der Waals surface area contributed by atoms with Gasteiger partial charge < -0.3 is 16.0 Å². The molecule has 0 aromatic heterocycles. The van der Waals surface area contributed by atoms with Gasteiger partial charge >= 0.3 is 0 Å². The van der Waals surface area contributed by atoms with Crippen molar-refractivity contribution in [3.05, 3.63) is 0 Å². The van der Waals surface area contributed by atoms with E-state index in [2.05, 4.69) is 27.0 Å². The number of nitrogens with zero attached hydrogens (tertiary/aromatic N) is 3. The van der Waals surface area contributed by atoms with Crippen molar-refractivity contribution in [2.45, 2.75) is 51.5 Å². The highest BCUT2D eigenvalue weighted by atomic mass is 127. The minimum atomic E-state index is -0.194. The van der Waals surface area contributed by atoms with Crippen LogP contribution in [-0.2, 0) is 4.79 Å². The monoisotopic (exact) mass is 451 g/mol. The highest BCUT2D eigenvalue weighted by molar-refractivity contribution is 14.0. The smallest absolute Gasteiger partial charge is 0.217 e. The maximum absolute atomic E-state index is 11.2. The normalized spacial score (nSPS) is 25.9. The molecule has 2 saturated heterocycles. The zero-order chi connectivity index (χ0) is 16.7. The highest BCUT2D eigenvalue weighted by Gasteiger charge is 2.25. The SMILES string of the molecule is CCN1CCCCC1CNC(=NC)N1CCCC(CC(N)=O)C1.I. The number of rotatable bonds is 5. The lowest BCUT2D eigenvalue weighted by atomic mass is 9.95. The molecule has 0 aliphatic carbocycles. The number of likely N-dealkylation sites (tertiary alicyclic amines) is 2. The average Bonchev–Trinajstić information content (AvgIpc) is 2.55. The van der Waals surface area contributed by atoms with Gasteiger partial charge in [-0.15, -0.1) is 24.0 Å². The molecule has 0 saturated carbocycles. The number of nitrogens with two attached hydrogens (primary N) is 1. The summed E-state index contributed by atoms with van der Waals surface area (Å²) in [4.78, 5) is 20.5. The van der Waals surface area contributed by atoms with Crippen molar-refractivity contribution in [1.82, 2.24) is 15.1 Å². The van der Waals surface area contributed by atoms with E-state index in [9.17, 15) is 4.79 Å². The molecule has 24 heavy (non-hydrogen) atoms. The summed E-state index contributed by atoms with van der Waals surface area (Å²) in [6.07, 6.45) is 6.58. The molecule has 2 heterocycles. The number of guanidine groups is 1. The van der Waals surface area contributed by atoms with E-state index >= 15 is 0 Å². The molecular formula is C17H34IN5O. The first kappa shape index (κ1) is 21.5. The lowest BCUT2D eigenvalue weighted by Gasteiger charge is -2.38. The molecule has 2 rings (SSSR count). The van der Waals surface area contributed by atoms with Gasteiger partial charge in [-0.05, 0) is 44.7 Å². The van der Waals surface area contributed by atoms with Gasteiger partial charge in [-0.2, -0.15) is 0 Å². The van der Waals surface area contributed by atoms with Crippen LogP contribution in [0.15, 0.2) is 4.99 Å². The summed E-state index contributed by atoms with van der Waals surface area (Å²) < 4.78 is 0. The number of carbonyl (C=O) groups excluding carboxylic acids is 1. The van der Waals surface area contributed by atoms with Crippen LogP contribution in [0.1, 0.15) is 45.4 Å². The quantitative estimate of drug-likeness (QED) is 0.379. The van der Waals surface area contributed by atoms with Crippen LogP contribution in [0.25, 0.3) is 0 Å². The van der Waals surface area contributed by atoms with Crippen molar-refractivity contribution in [2.75, 3.05) is 39.8 Å². The summed E-state index contributed by atoms with van der Waals surface area (Å²) in [7, 11) is 1.85. The molecule has 2 unspecified atom stereocenters. The molecule has 6 nitrogen and oxygen atoms in total. The van der Waals surface area contributed by atoms with E-state index < -0.39 is 0 Å². The Morgan fingerprint density at radius 3 is 2.71 bits per heavy atom. The number of amides is 1. The van der Waals surface area contributed by atoms with Crippen molar-refractivity contribution in [2.24, 2.45) is 16.6 Å². The Bertz CT molecular complexity index is 418. The summed E-state index contributed by atoms with van der Waals surface area (Å²) in [5.41, 5.74) is 5.36. The Balaban J connectivity index is 0.00000288. The Hall–Kier alpha value is -0.570. The average molecular weight is 451 g/mol. The number of aliphatic imine (C=N–C) groups is 1. The Morgan fingerprint density at radius 1 is 1.25 bits per heavy atom. The molecule has 2 fully saturated rings. The summed E-state index contributed by atoms with van der Waals surface area (Å²) in [5, 5.41) is 3.57. The largest absolute Gasteiger partial charge is 0.370 e. The van der Waals surface area contributed by atoms with Crippen molar-refractivity contribution < 1.29 is 4.79 Å². The molecular weight excluding hydrogens is 417 g/mol. The predicted molar refractivity (Wildman–Crippen MR) is 110 cm³/mol. The molecule has 1 amide bonds. The lowest BCUT2D eigenvalue weighted by molar-refractivity contribution is -0.119. The number of piperidine rings is 2. The Labute approximate surface area is 163 Å². The van der Waals surface area contributed by atoms with Crippen LogP contribution in [-0.4, -0.2) is 67.5 Å². The van der Waals surface area contributed by atoms with E-state index in [0.29, 0.717) is 18.4 Å². The molecule has 0 spiro atoms. The van der Waals surface area contributed by atoms with Crippen LogP contribution in [0, 0.1) is 5.92 Å².